The molecule has 0 aliphatic carbocycles. The fraction of sp³-hybridized carbons (Fsp3) is 0.105. The van der Waals surface area contributed by atoms with Gasteiger partial charge in [0.25, 0.3) is 11.1 Å². The number of benzene rings is 2. The van der Waals surface area contributed by atoms with Crippen LogP contribution in [0.3, 0.4) is 0 Å². The van der Waals surface area contributed by atoms with Crippen LogP contribution >= 0.6 is 23.4 Å². The number of azo groups is 1. The van der Waals surface area contributed by atoms with Gasteiger partial charge in [0.2, 0.25) is 0 Å². The highest BCUT2D eigenvalue weighted by molar-refractivity contribution is 8.18. The van der Waals surface area contributed by atoms with Gasteiger partial charge in [-0.15, -0.1) is 0 Å². The summed E-state index contributed by atoms with van der Waals surface area (Å²) in [5.41, 5.74) is 1.25. The lowest BCUT2D eigenvalue weighted by Gasteiger charge is -2.09. The van der Waals surface area contributed by atoms with E-state index in [1.54, 1.807) is 30.3 Å². The molecule has 148 valence electrons. The summed E-state index contributed by atoms with van der Waals surface area (Å²) in [4.78, 5) is 36.6. The third kappa shape index (κ3) is 5.01. The number of halogens is 1. The van der Waals surface area contributed by atoms with Crippen LogP contribution in [0.1, 0.15) is 5.56 Å². The van der Waals surface area contributed by atoms with Crippen LogP contribution in [0.2, 0.25) is 5.02 Å². The number of aromatic hydroxyl groups is 1. The molecule has 0 aromatic heterocycles. The average Bonchev–Trinajstić information content (AvgIpc) is 2.96. The van der Waals surface area contributed by atoms with E-state index in [0.717, 1.165) is 4.90 Å². The van der Waals surface area contributed by atoms with Crippen molar-refractivity contribution in [2.75, 3.05) is 13.7 Å². The molecule has 0 atom stereocenters. The molecule has 0 spiro atoms. The van der Waals surface area contributed by atoms with E-state index < -0.39 is 23.7 Å². The van der Waals surface area contributed by atoms with Gasteiger partial charge in [-0.3, -0.25) is 19.3 Å². The van der Waals surface area contributed by atoms with E-state index in [4.69, 9.17) is 11.6 Å². The Bertz CT molecular complexity index is 1050. The first-order valence-corrected chi connectivity index (χ1v) is 9.39. The fourth-order valence-electron chi connectivity index (χ4n) is 2.34. The lowest BCUT2D eigenvalue weighted by molar-refractivity contribution is -0.143. The first-order chi connectivity index (χ1) is 13.9. The minimum Gasteiger partial charge on any atom is -0.507 e. The number of imide groups is 1. The van der Waals surface area contributed by atoms with Crippen LogP contribution < -0.4 is 0 Å². The van der Waals surface area contributed by atoms with Crippen LogP contribution in [0.4, 0.5) is 16.2 Å². The van der Waals surface area contributed by atoms with Crippen LogP contribution in [0.25, 0.3) is 6.08 Å². The maximum Gasteiger partial charge on any atom is 0.325 e. The van der Waals surface area contributed by atoms with Crippen LogP contribution in [0.15, 0.2) is 57.6 Å². The lowest BCUT2D eigenvalue weighted by atomic mass is 10.1. The first-order valence-electron chi connectivity index (χ1n) is 8.20. The second-order valence-corrected chi connectivity index (χ2v) is 7.20. The van der Waals surface area contributed by atoms with Gasteiger partial charge in [-0.25, -0.2) is 0 Å². The number of esters is 1. The van der Waals surface area contributed by atoms with Crippen LogP contribution in [-0.4, -0.2) is 40.8 Å². The summed E-state index contributed by atoms with van der Waals surface area (Å²) in [7, 11) is 1.17. The Morgan fingerprint density at radius 3 is 2.62 bits per heavy atom. The number of ether oxygens (including phenoxy) is 1. The Kier molecular flexibility index (Phi) is 6.30. The molecule has 2 aromatic rings. The second kappa shape index (κ2) is 8.89. The van der Waals surface area contributed by atoms with Gasteiger partial charge in [0, 0.05) is 10.6 Å². The summed E-state index contributed by atoms with van der Waals surface area (Å²) >= 11 is 6.58. The van der Waals surface area contributed by atoms with Crippen molar-refractivity contribution in [2.24, 2.45) is 10.2 Å². The van der Waals surface area contributed by atoms with Gasteiger partial charge in [-0.1, -0.05) is 17.7 Å². The zero-order valence-corrected chi connectivity index (χ0v) is 16.6. The smallest absolute Gasteiger partial charge is 0.325 e. The molecule has 0 bridgehead atoms. The third-order valence-corrected chi connectivity index (χ3v) is 4.92. The quantitative estimate of drug-likeness (QED) is 0.418. The Morgan fingerprint density at radius 2 is 1.93 bits per heavy atom. The van der Waals surface area contributed by atoms with Gasteiger partial charge in [0.1, 0.15) is 12.3 Å². The van der Waals surface area contributed by atoms with Crippen molar-refractivity contribution < 1.29 is 24.2 Å². The Labute approximate surface area is 174 Å². The summed E-state index contributed by atoms with van der Waals surface area (Å²) in [6.45, 7) is -0.474. The highest BCUT2D eigenvalue weighted by atomic mass is 35.5. The Morgan fingerprint density at radius 1 is 1.21 bits per heavy atom. The van der Waals surface area contributed by atoms with E-state index in [1.807, 2.05) is 0 Å². The molecule has 1 saturated heterocycles. The lowest BCUT2D eigenvalue weighted by Crippen LogP contribution is -2.34. The van der Waals surface area contributed by atoms with E-state index >= 15 is 0 Å². The van der Waals surface area contributed by atoms with Gasteiger partial charge in [-0.2, -0.15) is 10.2 Å². The molecule has 1 N–H and O–H groups in total. The highest BCUT2D eigenvalue weighted by Crippen LogP contribution is 2.35. The molecule has 0 saturated carbocycles. The highest BCUT2D eigenvalue weighted by Gasteiger charge is 2.36. The predicted molar refractivity (Wildman–Crippen MR) is 108 cm³/mol. The molecule has 1 heterocycles. The van der Waals surface area contributed by atoms with Gasteiger partial charge in [0.05, 0.1) is 23.4 Å². The van der Waals surface area contributed by atoms with Crippen molar-refractivity contribution in [1.29, 1.82) is 0 Å². The SMILES string of the molecule is COC(=O)CN1C(=O)S/C(=C\c2cc(N=Nc3cccc(Cl)c3)ccc2O)C1=O. The molecular formula is C19H14ClN3O5S. The molecule has 8 nitrogen and oxygen atoms in total. The average molecular weight is 432 g/mol. The molecule has 3 rings (SSSR count). The number of phenols is 1. The van der Waals surface area contributed by atoms with Crippen molar-refractivity contribution in [3.05, 3.63) is 58.0 Å². The van der Waals surface area contributed by atoms with Crippen LogP contribution in [0, 0.1) is 0 Å². The zero-order valence-electron chi connectivity index (χ0n) is 15.0. The zero-order chi connectivity index (χ0) is 21.0. The summed E-state index contributed by atoms with van der Waals surface area (Å²) in [5.74, 6) is -1.46. The monoisotopic (exact) mass is 431 g/mol. The number of carbonyl (C=O) groups is 3. The molecule has 1 aliphatic rings. The molecule has 1 fully saturated rings. The minimum atomic E-state index is -0.708. The molecule has 1 aliphatic heterocycles. The summed E-state index contributed by atoms with van der Waals surface area (Å²) in [6.07, 6.45) is 1.36. The van der Waals surface area contributed by atoms with Crippen molar-refractivity contribution >= 4 is 57.9 Å². The summed E-state index contributed by atoms with van der Waals surface area (Å²) in [5, 5.41) is 18.2. The largest absolute Gasteiger partial charge is 0.507 e. The molecule has 0 unspecified atom stereocenters. The number of nitrogens with zero attached hydrogens (tertiary/aromatic N) is 3. The predicted octanol–water partition coefficient (Wildman–Crippen LogP) is 4.67. The van der Waals surface area contributed by atoms with Crippen molar-refractivity contribution in [3.8, 4) is 5.75 Å². The number of amides is 2. The topological polar surface area (TPSA) is 109 Å². The standard InChI is InChI=1S/C19H14ClN3O5S/c1-28-17(25)10-23-18(26)16(29-19(23)27)8-11-7-14(5-6-15(11)24)22-21-13-4-2-3-12(20)9-13/h2-9,24H,10H2,1H3/b16-8-,22-21?. The fourth-order valence-corrected chi connectivity index (χ4v) is 3.36. The van der Waals surface area contributed by atoms with Crippen LogP contribution in [-0.2, 0) is 14.3 Å². The Hall–Kier alpha value is -3.17. The van der Waals surface area contributed by atoms with E-state index in [1.165, 1.54) is 25.3 Å². The molecule has 2 aromatic carbocycles. The summed E-state index contributed by atoms with van der Waals surface area (Å²) < 4.78 is 4.48. The molecule has 0 radical (unpaired) electrons. The van der Waals surface area contributed by atoms with Crippen molar-refractivity contribution in [1.82, 2.24) is 4.90 Å². The Balaban J connectivity index is 1.84. The second-order valence-electron chi connectivity index (χ2n) is 5.77. The van der Waals surface area contributed by atoms with E-state index in [-0.39, 0.29) is 16.2 Å². The van der Waals surface area contributed by atoms with Crippen LogP contribution in [0.5, 0.6) is 5.75 Å². The number of carbonyl (C=O) groups excluding carboxylic acids is 3. The molecule has 2 amide bonds. The van der Waals surface area contributed by atoms with Gasteiger partial charge >= 0.3 is 5.97 Å². The molecule has 10 heteroatoms. The number of thioether (sulfide) groups is 1. The van der Waals surface area contributed by atoms with Gasteiger partial charge in [-0.05, 0) is 54.2 Å². The van der Waals surface area contributed by atoms with E-state index in [0.29, 0.717) is 28.2 Å². The van der Waals surface area contributed by atoms with Gasteiger partial charge < -0.3 is 9.84 Å². The number of phenolic OH excluding ortho intramolecular Hbond substituents is 1. The normalized spacial score (nSPS) is 15.5. The third-order valence-electron chi connectivity index (χ3n) is 3.78. The number of rotatable bonds is 5. The molecular weight excluding hydrogens is 418 g/mol. The summed E-state index contributed by atoms with van der Waals surface area (Å²) in [6, 6.07) is 11.3. The maximum atomic E-state index is 12.4. The number of methoxy groups -OCH3 is 1. The number of hydrogen-bond donors (Lipinski definition) is 1. The van der Waals surface area contributed by atoms with Crippen molar-refractivity contribution in [2.45, 2.75) is 0 Å². The van der Waals surface area contributed by atoms with E-state index in [2.05, 4.69) is 15.0 Å². The van der Waals surface area contributed by atoms with Gasteiger partial charge in [0.15, 0.2) is 0 Å². The van der Waals surface area contributed by atoms with Crippen molar-refractivity contribution in [3.63, 3.8) is 0 Å². The number of hydrogen-bond acceptors (Lipinski definition) is 8. The van der Waals surface area contributed by atoms with E-state index in [9.17, 15) is 19.5 Å². The minimum absolute atomic E-state index is 0.0677. The first kappa shape index (κ1) is 20.6. The maximum absolute atomic E-state index is 12.4. The molecule has 29 heavy (non-hydrogen) atoms.